The van der Waals surface area contributed by atoms with E-state index >= 15 is 0 Å². The number of anilines is 1. The van der Waals surface area contributed by atoms with Gasteiger partial charge in [-0.25, -0.2) is 4.39 Å². The zero-order chi connectivity index (χ0) is 14.0. The van der Waals surface area contributed by atoms with Crippen molar-refractivity contribution < 1.29 is 22.7 Å². The SMILES string of the molecule is O=S(=O)(Nc1cc(F)cc(Cl)c1O)N1CCOCC1. The van der Waals surface area contributed by atoms with Gasteiger partial charge in [0, 0.05) is 19.2 Å². The minimum Gasteiger partial charge on any atom is -0.504 e. The smallest absolute Gasteiger partial charge is 0.301 e. The van der Waals surface area contributed by atoms with Crippen molar-refractivity contribution in [3.63, 3.8) is 0 Å². The van der Waals surface area contributed by atoms with E-state index in [4.69, 9.17) is 16.3 Å². The highest BCUT2D eigenvalue weighted by Crippen LogP contribution is 2.33. The number of nitrogens with zero attached hydrogens (tertiary/aromatic N) is 1. The minimum absolute atomic E-state index is 0.194. The van der Waals surface area contributed by atoms with Gasteiger partial charge < -0.3 is 9.84 Å². The van der Waals surface area contributed by atoms with Crippen LogP contribution in [0.3, 0.4) is 0 Å². The highest BCUT2D eigenvalue weighted by Gasteiger charge is 2.25. The first-order valence-corrected chi connectivity index (χ1v) is 7.25. The van der Waals surface area contributed by atoms with E-state index in [9.17, 15) is 17.9 Å². The van der Waals surface area contributed by atoms with Gasteiger partial charge >= 0.3 is 10.2 Å². The molecule has 6 nitrogen and oxygen atoms in total. The molecule has 19 heavy (non-hydrogen) atoms. The van der Waals surface area contributed by atoms with Crippen molar-refractivity contribution in [3.8, 4) is 5.75 Å². The number of hydrogen-bond acceptors (Lipinski definition) is 4. The largest absolute Gasteiger partial charge is 0.504 e. The number of phenolic OH excluding ortho intramolecular Hbond substituents is 1. The zero-order valence-corrected chi connectivity index (χ0v) is 11.3. The molecule has 1 saturated heterocycles. The van der Waals surface area contributed by atoms with Crippen LogP contribution in [0.2, 0.25) is 5.02 Å². The Balaban J connectivity index is 2.25. The molecule has 1 aromatic rings. The van der Waals surface area contributed by atoms with Gasteiger partial charge in [-0.05, 0) is 6.07 Å². The summed E-state index contributed by atoms with van der Waals surface area (Å²) in [5.74, 6) is -1.26. The van der Waals surface area contributed by atoms with Crippen LogP contribution in [0.1, 0.15) is 0 Å². The van der Waals surface area contributed by atoms with E-state index < -0.39 is 21.8 Å². The predicted octanol–water partition coefficient (Wildman–Crippen LogP) is 1.17. The molecule has 0 aliphatic carbocycles. The number of halogens is 2. The number of phenols is 1. The summed E-state index contributed by atoms with van der Waals surface area (Å²) in [4.78, 5) is 0. The lowest BCUT2D eigenvalue weighted by atomic mass is 10.3. The maximum Gasteiger partial charge on any atom is 0.301 e. The summed E-state index contributed by atoms with van der Waals surface area (Å²) in [5.41, 5.74) is -0.295. The van der Waals surface area contributed by atoms with Gasteiger partial charge in [0.05, 0.1) is 23.9 Å². The average Bonchev–Trinajstić information content (AvgIpc) is 2.36. The summed E-state index contributed by atoms with van der Waals surface area (Å²) in [6.07, 6.45) is 0. The van der Waals surface area contributed by atoms with Crippen LogP contribution in [-0.2, 0) is 14.9 Å². The van der Waals surface area contributed by atoms with Gasteiger partial charge in [0.2, 0.25) is 0 Å². The number of ether oxygens (including phenoxy) is 1. The maximum atomic E-state index is 13.2. The number of benzene rings is 1. The topological polar surface area (TPSA) is 78.9 Å². The molecule has 1 fully saturated rings. The van der Waals surface area contributed by atoms with Crippen LogP contribution in [0.4, 0.5) is 10.1 Å². The van der Waals surface area contributed by atoms with Crippen LogP contribution in [-0.4, -0.2) is 44.1 Å². The molecule has 0 atom stereocenters. The molecule has 0 aromatic heterocycles. The molecule has 9 heteroatoms. The van der Waals surface area contributed by atoms with E-state index in [-0.39, 0.29) is 37.0 Å². The quantitative estimate of drug-likeness (QED) is 0.822. The van der Waals surface area contributed by atoms with E-state index in [2.05, 4.69) is 4.72 Å². The molecular formula is C10H12ClFN2O4S. The fourth-order valence-electron chi connectivity index (χ4n) is 1.63. The lowest BCUT2D eigenvalue weighted by Crippen LogP contribution is -2.43. The van der Waals surface area contributed by atoms with Gasteiger partial charge in [0.1, 0.15) is 5.82 Å². The van der Waals surface area contributed by atoms with Crippen molar-refractivity contribution in [2.45, 2.75) is 0 Å². The van der Waals surface area contributed by atoms with Crippen molar-refractivity contribution in [1.82, 2.24) is 4.31 Å². The second-order valence-corrected chi connectivity index (χ2v) is 5.98. The molecule has 1 aromatic carbocycles. The molecule has 0 radical (unpaired) electrons. The zero-order valence-electron chi connectivity index (χ0n) is 9.77. The summed E-state index contributed by atoms with van der Waals surface area (Å²) in [6.45, 7) is 0.964. The van der Waals surface area contributed by atoms with Crippen LogP contribution in [0.5, 0.6) is 5.75 Å². The lowest BCUT2D eigenvalue weighted by molar-refractivity contribution is 0.0733. The molecule has 2 N–H and O–H groups in total. The molecule has 1 heterocycles. The third-order valence-corrected chi connectivity index (χ3v) is 4.39. The monoisotopic (exact) mass is 310 g/mol. The van der Waals surface area contributed by atoms with E-state index in [1.54, 1.807) is 0 Å². The van der Waals surface area contributed by atoms with E-state index in [0.717, 1.165) is 16.4 Å². The van der Waals surface area contributed by atoms with Crippen molar-refractivity contribution >= 4 is 27.5 Å². The Morgan fingerprint density at radius 1 is 1.37 bits per heavy atom. The van der Waals surface area contributed by atoms with E-state index in [1.165, 1.54) is 0 Å². The van der Waals surface area contributed by atoms with Gasteiger partial charge in [-0.1, -0.05) is 11.6 Å². The number of rotatable bonds is 3. The van der Waals surface area contributed by atoms with Crippen molar-refractivity contribution in [1.29, 1.82) is 0 Å². The third-order valence-electron chi connectivity index (χ3n) is 2.58. The number of nitrogens with one attached hydrogen (secondary N) is 1. The summed E-state index contributed by atoms with van der Waals surface area (Å²) < 4.78 is 45.5. The normalized spacial score (nSPS) is 17.4. The molecule has 1 aliphatic rings. The predicted molar refractivity (Wildman–Crippen MR) is 68.0 cm³/mol. The fraction of sp³-hybridized carbons (Fsp3) is 0.400. The van der Waals surface area contributed by atoms with Crippen molar-refractivity contribution in [3.05, 3.63) is 23.0 Å². The number of morpholine rings is 1. The Labute approximate surface area is 114 Å². The molecule has 0 amide bonds. The third kappa shape index (κ3) is 3.27. The van der Waals surface area contributed by atoms with Crippen LogP contribution in [0, 0.1) is 5.82 Å². The first-order valence-electron chi connectivity index (χ1n) is 5.44. The molecule has 0 saturated carbocycles. The van der Waals surface area contributed by atoms with Gasteiger partial charge in [0.15, 0.2) is 5.75 Å². The number of aromatic hydroxyl groups is 1. The molecule has 0 bridgehead atoms. The minimum atomic E-state index is -3.87. The van der Waals surface area contributed by atoms with E-state index in [0.29, 0.717) is 0 Å². The first-order chi connectivity index (χ1) is 8.90. The van der Waals surface area contributed by atoms with Crippen LogP contribution in [0.15, 0.2) is 12.1 Å². The lowest BCUT2D eigenvalue weighted by Gasteiger charge is -2.26. The first kappa shape index (κ1) is 14.3. The average molecular weight is 311 g/mol. The summed E-state index contributed by atoms with van der Waals surface area (Å²) >= 11 is 5.58. The van der Waals surface area contributed by atoms with Crippen LogP contribution < -0.4 is 4.72 Å². The van der Waals surface area contributed by atoms with Gasteiger partial charge in [-0.2, -0.15) is 12.7 Å². The summed E-state index contributed by atoms with van der Waals surface area (Å²) in [6, 6.07) is 1.75. The maximum absolute atomic E-state index is 13.2. The fourth-order valence-corrected chi connectivity index (χ4v) is 3.03. The highest BCUT2D eigenvalue weighted by atomic mass is 35.5. The molecular weight excluding hydrogens is 299 g/mol. The van der Waals surface area contributed by atoms with Gasteiger partial charge in [0.25, 0.3) is 0 Å². The van der Waals surface area contributed by atoms with Gasteiger partial charge in [-0.15, -0.1) is 0 Å². The summed E-state index contributed by atoms with van der Waals surface area (Å²) in [5, 5.41) is 9.35. The standard InChI is InChI=1S/C10H12ClFN2O4S/c11-8-5-7(12)6-9(10(8)15)13-19(16,17)14-1-3-18-4-2-14/h5-6,13,15H,1-4H2. The Morgan fingerprint density at radius 2 is 2.00 bits per heavy atom. The second-order valence-electron chi connectivity index (χ2n) is 3.90. The second kappa shape index (κ2) is 5.49. The van der Waals surface area contributed by atoms with Crippen molar-refractivity contribution in [2.75, 3.05) is 31.0 Å². The Kier molecular flexibility index (Phi) is 4.14. The highest BCUT2D eigenvalue weighted by molar-refractivity contribution is 7.90. The van der Waals surface area contributed by atoms with Gasteiger partial charge in [-0.3, -0.25) is 4.72 Å². The number of hydrogen-bond donors (Lipinski definition) is 2. The van der Waals surface area contributed by atoms with Crippen LogP contribution in [0.25, 0.3) is 0 Å². The Hall–Kier alpha value is -1.09. The molecule has 106 valence electrons. The van der Waals surface area contributed by atoms with Crippen molar-refractivity contribution in [2.24, 2.45) is 0 Å². The summed E-state index contributed by atoms with van der Waals surface area (Å²) in [7, 11) is -3.87. The Bertz CT molecular complexity index is 575. The van der Waals surface area contributed by atoms with E-state index in [1.807, 2.05) is 0 Å². The van der Waals surface area contributed by atoms with Crippen LogP contribution >= 0.6 is 11.6 Å². The molecule has 2 rings (SSSR count). The molecule has 1 aliphatic heterocycles. The Morgan fingerprint density at radius 3 is 2.63 bits per heavy atom. The molecule has 0 unspecified atom stereocenters. The molecule has 0 spiro atoms.